The van der Waals surface area contributed by atoms with Gasteiger partial charge in [-0.2, -0.15) is 0 Å². The molecule has 1 aromatic carbocycles. The second-order valence-electron chi connectivity index (χ2n) is 10.7. The molecule has 28 heavy (non-hydrogen) atoms. The van der Waals surface area contributed by atoms with Gasteiger partial charge < -0.3 is 11.1 Å². The average Bonchev–Trinajstić information content (AvgIpc) is 2.69. The molecule has 1 amide bonds. The molecule has 4 heteroatoms. The van der Waals surface area contributed by atoms with Gasteiger partial charge in [-0.05, 0) is 86.5 Å². The third kappa shape index (κ3) is 3.01. The Hall–Kier alpha value is -1.06. The molecular formula is C24H33ClN2O. The molecule has 152 valence electrons. The first-order valence-electron chi connectivity index (χ1n) is 11.1. The molecule has 5 aliphatic rings. The SMILES string of the molecule is NC1CCC(NC(=O)[C@@]23CC4CC(CCl)(C2)C[C@@](c2ccccc2)(C4)C3)CC1. The molecule has 2 unspecified atom stereocenters. The highest BCUT2D eigenvalue weighted by Gasteiger charge is 2.65. The molecule has 4 atom stereocenters. The largest absolute Gasteiger partial charge is 0.353 e. The summed E-state index contributed by atoms with van der Waals surface area (Å²) >= 11 is 6.60. The maximum absolute atomic E-state index is 13.7. The molecule has 5 saturated carbocycles. The summed E-state index contributed by atoms with van der Waals surface area (Å²) in [6.07, 6.45) is 10.7. The summed E-state index contributed by atoms with van der Waals surface area (Å²) in [7, 11) is 0. The van der Waals surface area contributed by atoms with Crippen molar-refractivity contribution in [3.63, 3.8) is 0 Å². The van der Waals surface area contributed by atoms with Gasteiger partial charge in [0.25, 0.3) is 0 Å². The monoisotopic (exact) mass is 400 g/mol. The average molecular weight is 401 g/mol. The molecule has 0 aliphatic heterocycles. The van der Waals surface area contributed by atoms with E-state index in [1.54, 1.807) is 0 Å². The van der Waals surface area contributed by atoms with Crippen molar-refractivity contribution in [3.05, 3.63) is 35.9 Å². The van der Waals surface area contributed by atoms with E-state index in [2.05, 4.69) is 35.6 Å². The van der Waals surface area contributed by atoms with E-state index in [0.29, 0.717) is 29.8 Å². The second-order valence-corrected chi connectivity index (χ2v) is 10.9. The van der Waals surface area contributed by atoms with Gasteiger partial charge in [-0.1, -0.05) is 30.3 Å². The lowest BCUT2D eigenvalue weighted by molar-refractivity contribution is -0.160. The van der Waals surface area contributed by atoms with Crippen LogP contribution in [0.25, 0.3) is 0 Å². The lowest BCUT2D eigenvalue weighted by Crippen LogP contribution is -2.64. The van der Waals surface area contributed by atoms with Gasteiger partial charge in [0.15, 0.2) is 0 Å². The van der Waals surface area contributed by atoms with E-state index < -0.39 is 0 Å². The highest BCUT2D eigenvalue weighted by atomic mass is 35.5. The first-order valence-corrected chi connectivity index (χ1v) is 11.7. The van der Waals surface area contributed by atoms with Gasteiger partial charge >= 0.3 is 0 Å². The molecule has 4 bridgehead atoms. The normalized spacial score (nSPS) is 44.4. The Morgan fingerprint density at radius 3 is 2.50 bits per heavy atom. The van der Waals surface area contributed by atoms with Crippen LogP contribution in [0.15, 0.2) is 30.3 Å². The molecule has 0 radical (unpaired) electrons. The lowest BCUT2D eigenvalue weighted by Gasteiger charge is -2.66. The number of carbonyl (C=O) groups is 1. The maximum atomic E-state index is 13.7. The maximum Gasteiger partial charge on any atom is 0.226 e. The zero-order valence-corrected chi connectivity index (χ0v) is 17.5. The van der Waals surface area contributed by atoms with Gasteiger partial charge in [-0.3, -0.25) is 4.79 Å². The molecule has 6 rings (SSSR count). The number of nitrogens with one attached hydrogen (secondary N) is 1. The Kier molecular flexibility index (Phi) is 4.56. The smallest absolute Gasteiger partial charge is 0.226 e. The number of carbonyl (C=O) groups excluding carboxylic acids is 1. The Bertz CT molecular complexity index is 746. The van der Waals surface area contributed by atoms with Crippen molar-refractivity contribution in [1.29, 1.82) is 0 Å². The highest BCUT2D eigenvalue weighted by molar-refractivity contribution is 6.18. The van der Waals surface area contributed by atoms with Crippen molar-refractivity contribution in [1.82, 2.24) is 5.32 Å². The zero-order chi connectivity index (χ0) is 19.4. The zero-order valence-electron chi connectivity index (χ0n) is 16.8. The number of benzene rings is 1. The van der Waals surface area contributed by atoms with Gasteiger partial charge in [-0.15, -0.1) is 11.6 Å². The second kappa shape index (κ2) is 6.74. The van der Waals surface area contributed by atoms with Crippen LogP contribution in [0.3, 0.4) is 0 Å². The molecule has 3 nitrogen and oxygen atoms in total. The number of hydrogen-bond donors (Lipinski definition) is 2. The molecule has 0 heterocycles. The van der Waals surface area contributed by atoms with E-state index >= 15 is 0 Å². The summed E-state index contributed by atoms with van der Waals surface area (Å²) < 4.78 is 0. The van der Waals surface area contributed by atoms with Gasteiger partial charge in [0, 0.05) is 18.0 Å². The van der Waals surface area contributed by atoms with Crippen LogP contribution in [0.5, 0.6) is 0 Å². The summed E-state index contributed by atoms with van der Waals surface area (Å²) in [5.41, 5.74) is 7.51. The van der Waals surface area contributed by atoms with Gasteiger partial charge in [0.05, 0.1) is 5.41 Å². The fraction of sp³-hybridized carbons (Fsp3) is 0.708. The fourth-order valence-corrected chi connectivity index (χ4v) is 8.05. The molecule has 3 N–H and O–H groups in total. The minimum absolute atomic E-state index is 0.127. The van der Waals surface area contributed by atoms with E-state index in [9.17, 15) is 4.79 Å². The summed E-state index contributed by atoms with van der Waals surface area (Å²) in [6.45, 7) is 0. The molecule has 0 spiro atoms. The summed E-state index contributed by atoms with van der Waals surface area (Å²) in [5.74, 6) is 1.62. The van der Waals surface area contributed by atoms with Crippen LogP contribution in [0, 0.1) is 16.7 Å². The minimum atomic E-state index is -0.232. The predicted octanol–water partition coefficient (Wildman–Crippen LogP) is 4.52. The Balaban J connectivity index is 1.45. The Labute approximate surface area is 173 Å². The Morgan fingerprint density at radius 2 is 1.79 bits per heavy atom. The molecular weight excluding hydrogens is 368 g/mol. The quantitative estimate of drug-likeness (QED) is 0.730. The highest BCUT2D eigenvalue weighted by Crippen LogP contribution is 2.70. The van der Waals surface area contributed by atoms with Crippen LogP contribution < -0.4 is 11.1 Å². The molecule has 5 aliphatic carbocycles. The first-order chi connectivity index (χ1) is 13.5. The number of amides is 1. The van der Waals surface area contributed by atoms with Gasteiger partial charge in [0.2, 0.25) is 5.91 Å². The molecule has 0 saturated heterocycles. The molecule has 1 aromatic rings. The van der Waals surface area contributed by atoms with E-state index in [1.165, 1.54) is 18.4 Å². The number of halogens is 1. The Morgan fingerprint density at radius 1 is 1.04 bits per heavy atom. The standard InChI is InChI=1S/C24H33ClN2O/c25-16-22-10-17-11-23(13-22,18-4-2-1-3-5-18)15-24(12-17,14-22)21(28)27-20-8-6-19(26)7-9-20/h1-5,17,19-20H,6-16,26H2,(H,27,28)/t17?,19?,20?,22?,23-,24-/m0/s1. The van der Waals surface area contributed by atoms with Crippen molar-refractivity contribution >= 4 is 17.5 Å². The van der Waals surface area contributed by atoms with Crippen LogP contribution >= 0.6 is 11.6 Å². The summed E-state index contributed by atoms with van der Waals surface area (Å²) in [5, 5.41) is 3.47. The minimum Gasteiger partial charge on any atom is -0.353 e. The first kappa shape index (κ1) is 18.9. The number of alkyl halides is 1. The third-order valence-electron chi connectivity index (χ3n) is 8.44. The number of hydrogen-bond acceptors (Lipinski definition) is 2. The lowest BCUT2D eigenvalue weighted by atomic mass is 9.38. The summed E-state index contributed by atoms with van der Waals surface area (Å²) in [4.78, 5) is 13.7. The van der Waals surface area contributed by atoms with Crippen molar-refractivity contribution in [2.75, 3.05) is 5.88 Å². The number of nitrogens with two attached hydrogens (primary N) is 1. The van der Waals surface area contributed by atoms with E-state index in [-0.39, 0.29) is 16.2 Å². The van der Waals surface area contributed by atoms with Crippen molar-refractivity contribution < 1.29 is 4.79 Å². The van der Waals surface area contributed by atoms with Crippen molar-refractivity contribution in [2.45, 2.75) is 81.7 Å². The summed E-state index contributed by atoms with van der Waals surface area (Å²) in [6, 6.07) is 11.6. The molecule has 0 aromatic heterocycles. The van der Waals surface area contributed by atoms with Crippen LogP contribution in [0.2, 0.25) is 0 Å². The van der Waals surface area contributed by atoms with Crippen molar-refractivity contribution in [2.24, 2.45) is 22.5 Å². The van der Waals surface area contributed by atoms with E-state index in [0.717, 1.165) is 51.4 Å². The molecule has 5 fully saturated rings. The van der Waals surface area contributed by atoms with Crippen LogP contribution in [-0.4, -0.2) is 23.9 Å². The van der Waals surface area contributed by atoms with Crippen LogP contribution in [0.1, 0.15) is 69.8 Å². The van der Waals surface area contributed by atoms with E-state index in [1.807, 2.05) is 0 Å². The van der Waals surface area contributed by atoms with Gasteiger partial charge in [0.1, 0.15) is 0 Å². The number of rotatable bonds is 4. The van der Waals surface area contributed by atoms with Crippen molar-refractivity contribution in [3.8, 4) is 0 Å². The predicted molar refractivity (Wildman–Crippen MR) is 113 cm³/mol. The third-order valence-corrected chi connectivity index (χ3v) is 9.01. The van der Waals surface area contributed by atoms with Gasteiger partial charge in [-0.25, -0.2) is 0 Å². The topological polar surface area (TPSA) is 55.1 Å². The van der Waals surface area contributed by atoms with Crippen LogP contribution in [-0.2, 0) is 10.2 Å². The van der Waals surface area contributed by atoms with Crippen LogP contribution in [0.4, 0.5) is 0 Å². The fourth-order valence-electron chi connectivity index (χ4n) is 7.76. The van der Waals surface area contributed by atoms with E-state index in [4.69, 9.17) is 17.3 Å².